The fraction of sp³-hybridized carbons (Fsp3) is 0.278. The Morgan fingerprint density at radius 2 is 2.17 bits per heavy atom. The van der Waals surface area contributed by atoms with Crippen molar-refractivity contribution >= 4 is 12.1 Å². The van der Waals surface area contributed by atoms with E-state index in [0.717, 1.165) is 5.56 Å². The van der Waals surface area contributed by atoms with Gasteiger partial charge in [-0.1, -0.05) is 26.0 Å². The van der Waals surface area contributed by atoms with Gasteiger partial charge in [0, 0.05) is 6.20 Å². The van der Waals surface area contributed by atoms with Crippen molar-refractivity contribution in [3.63, 3.8) is 0 Å². The highest BCUT2D eigenvalue weighted by Crippen LogP contribution is 2.23. The van der Waals surface area contributed by atoms with Gasteiger partial charge < -0.3 is 4.74 Å². The van der Waals surface area contributed by atoms with Gasteiger partial charge in [-0.2, -0.15) is 5.10 Å². The minimum Gasteiger partial charge on any atom is -0.484 e. The number of ether oxygens (including phenoxy) is 1. The molecule has 0 fully saturated rings. The molecule has 120 valence electrons. The van der Waals surface area contributed by atoms with Gasteiger partial charge in [-0.05, 0) is 48.2 Å². The first kappa shape index (κ1) is 16.7. The molecule has 0 aliphatic carbocycles. The van der Waals surface area contributed by atoms with Crippen LogP contribution < -0.4 is 10.2 Å². The van der Waals surface area contributed by atoms with E-state index in [1.54, 1.807) is 12.3 Å². The molecule has 23 heavy (non-hydrogen) atoms. The lowest BCUT2D eigenvalue weighted by atomic mass is 9.98. The molecule has 0 unspecified atom stereocenters. The van der Waals surface area contributed by atoms with E-state index >= 15 is 0 Å². The summed E-state index contributed by atoms with van der Waals surface area (Å²) in [6, 6.07) is 11.3. The fourth-order valence-electron chi connectivity index (χ4n) is 2.19. The number of benzene rings is 1. The molecule has 2 rings (SSSR count). The second-order valence-corrected chi connectivity index (χ2v) is 5.51. The van der Waals surface area contributed by atoms with Crippen LogP contribution in [0, 0.1) is 6.92 Å². The molecule has 0 saturated carbocycles. The van der Waals surface area contributed by atoms with Crippen LogP contribution in [0.15, 0.2) is 47.7 Å². The molecule has 1 heterocycles. The number of hydrazone groups is 1. The average molecular weight is 311 g/mol. The zero-order chi connectivity index (χ0) is 16.7. The van der Waals surface area contributed by atoms with Gasteiger partial charge in [-0.25, -0.2) is 5.43 Å². The van der Waals surface area contributed by atoms with Crippen molar-refractivity contribution in [2.75, 3.05) is 6.61 Å². The van der Waals surface area contributed by atoms with Crippen LogP contribution in [-0.2, 0) is 4.79 Å². The van der Waals surface area contributed by atoms with Crippen LogP contribution in [0.5, 0.6) is 5.75 Å². The second kappa shape index (κ2) is 8.08. The lowest BCUT2D eigenvalue weighted by Gasteiger charge is -2.12. The van der Waals surface area contributed by atoms with Crippen molar-refractivity contribution in [1.29, 1.82) is 0 Å². The van der Waals surface area contributed by atoms with E-state index in [2.05, 4.69) is 29.4 Å². The normalized spacial score (nSPS) is 11.0. The predicted molar refractivity (Wildman–Crippen MR) is 90.7 cm³/mol. The number of carbonyl (C=O) groups excluding carboxylic acids is 1. The first-order valence-electron chi connectivity index (χ1n) is 7.52. The summed E-state index contributed by atoms with van der Waals surface area (Å²) in [7, 11) is 0. The molecule has 0 spiro atoms. The summed E-state index contributed by atoms with van der Waals surface area (Å²) in [4.78, 5) is 15.8. The molecule has 0 aliphatic rings. The maximum atomic E-state index is 11.7. The summed E-state index contributed by atoms with van der Waals surface area (Å²) in [5, 5.41) is 3.84. The summed E-state index contributed by atoms with van der Waals surface area (Å²) >= 11 is 0. The maximum Gasteiger partial charge on any atom is 0.277 e. The zero-order valence-electron chi connectivity index (χ0n) is 13.6. The first-order valence-corrected chi connectivity index (χ1v) is 7.52. The van der Waals surface area contributed by atoms with Crippen LogP contribution in [0.1, 0.15) is 36.6 Å². The molecule has 1 N–H and O–H groups in total. The third kappa shape index (κ3) is 5.21. The maximum absolute atomic E-state index is 11.7. The summed E-state index contributed by atoms with van der Waals surface area (Å²) in [5.74, 6) is 0.826. The van der Waals surface area contributed by atoms with Gasteiger partial charge in [0.2, 0.25) is 0 Å². The summed E-state index contributed by atoms with van der Waals surface area (Å²) in [6.07, 6.45) is 3.15. The number of carbonyl (C=O) groups is 1. The highest BCUT2D eigenvalue weighted by molar-refractivity contribution is 5.81. The van der Waals surface area contributed by atoms with Gasteiger partial charge in [-0.3, -0.25) is 9.78 Å². The number of rotatable bonds is 6. The minimum absolute atomic E-state index is 0.0833. The third-order valence-corrected chi connectivity index (χ3v) is 3.31. The fourth-order valence-corrected chi connectivity index (χ4v) is 2.19. The number of aromatic nitrogens is 1. The van der Waals surface area contributed by atoms with Crippen LogP contribution in [0.4, 0.5) is 0 Å². The van der Waals surface area contributed by atoms with Crippen molar-refractivity contribution in [2.45, 2.75) is 26.7 Å². The topological polar surface area (TPSA) is 63.6 Å². The molecule has 1 aromatic carbocycles. The quantitative estimate of drug-likeness (QED) is 0.659. The van der Waals surface area contributed by atoms with Crippen molar-refractivity contribution < 1.29 is 9.53 Å². The van der Waals surface area contributed by atoms with Crippen LogP contribution in [0.2, 0.25) is 0 Å². The van der Waals surface area contributed by atoms with E-state index in [-0.39, 0.29) is 12.5 Å². The number of aryl methyl sites for hydroxylation is 1. The standard InChI is InChI=1S/C18H21N3O2/c1-13(2)17-8-7-16(10-14(17)3)23-12-18(22)21-20-11-15-6-4-5-9-19-15/h4-11,13H,12H2,1-3H3,(H,21,22)/b20-11+. The molecular formula is C18H21N3O2. The molecule has 0 atom stereocenters. The van der Waals surface area contributed by atoms with E-state index in [9.17, 15) is 4.79 Å². The van der Waals surface area contributed by atoms with Crippen LogP contribution in [0.3, 0.4) is 0 Å². The number of nitrogens with zero attached hydrogens (tertiary/aromatic N) is 2. The Morgan fingerprint density at radius 1 is 1.35 bits per heavy atom. The first-order chi connectivity index (χ1) is 11.1. The van der Waals surface area contributed by atoms with Gasteiger partial charge in [0.05, 0.1) is 11.9 Å². The molecule has 0 saturated heterocycles. The number of hydrogen-bond donors (Lipinski definition) is 1. The van der Waals surface area contributed by atoms with Crippen molar-refractivity contribution in [1.82, 2.24) is 10.4 Å². The highest BCUT2D eigenvalue weighted by Gasteiger charge is 2.06. The minimum atomic E-state index is -0.317. The van der Waals surface area contributed by atoms with Gasteiger partial charge in [0.15, 0.2) is 6.61 Å². The van der Waals surface area contributed by atoms with Crippen LogP contribution in [0.25, 0.3) is 0 Å². The Bertz CT molecular complexity index is 682. The Hall–Kier alpha value is -2.69. The van der Waals surface area contributed by atoms with Gasteiger partial charge in [-0.15, -0.1) is 0 Å². The van der Waals surface area contributed by atoms with Gasteiger partial charge in [0.25, 0.3) is 5.91 Å². The van der Waals surface area contributed by atoms with E-state index in [4.69, 9.17) is 4.74 Å². The van der Waals surface area contributed by atoms with E-state index in [0.29, 0.717) is 17.4 Å². The van der Waals surface area contributed by atoms with E-state index < -0.39 is 0 Å². The summed E-state index contributed by atoms with van der Waals surface area (Å²) in [5.41, 5.74) is 5.52. The molecular weight excluding hydrogens is 290 g/mol. The molecule has 1 amide bonds. The van der Waals surface area contributed by atoms with Crippen molar-refractivity contribution in [2.24, 2.45) is 5.10 Å². The number of nitrogens with one attached hydrogen (secondary N) is 1. The van der Waals surface area contributed by atoms with Crippen LogP contribution in [-0.4, -0.2) is 23.7 Å². The Balaban J connectivity index is 1.82. The monoisotopic (exact) mass is 311 g/mol. The zero-order valence-corrected chi connectivity index (χ0v) is 13.6. The van der Waals surface area contributed by atoms with E-state index in [1.165, 1.54) is 11.8 Å². The number of amides is 1. The highest BCUT2D eigenvalue weighted by atomic mass is 16.5. The largest absolute Gasteiger partial charge is 0.484 e. The molecule has 0 aliphatic heterocycles. The Kier molecular flexibility index (Phi) is 5.86. The molecule has 0 bridgehead atoms. The Morgan fingerprint density at radius 3 is 2.83 bits per heavy atom. The van der Waals surface area contributed by atoms with Crippen LogP contribution >= 0.6 is 0 Å². The van der Waals surface area contributed by atoms with Gasteiger partial charge in [0.1, 0.15) is 5.75 Å². The lowest BCUT2D eigenvalue weighted by molar-refractivity contribution is -0.123. The molecule has 5 heteroatoms. The molecule has 5 nitrogen and oxygen atoms in total. The summed E-state index contributed by atoms with van der Waals surface area (Å²) in [6.45, 7) is 6.26. The predicted octanol–water partition coefficient (Wildman–Crippen LogP) is 3.04. The number of hydrogen-bond acceptors (Lipinski definition) is 4. The SMILES string of the molecule is Cc1cc(OCC(=O)N/N=C/c2ccccn2)ccc1C(C)C. The molecule has 1 aromatic heterocycles. The molecule has 0 radical (unpaired) electrons. The summed E-state index contributed by atoms with van der Waals surface area (Å²) < 4.78 is 5.48. The smallest absolute Gasteiger partial charge is 0.277 e. The van der Waals surface area contributed by atoms with E-state index in [1.807, 2.05) is 37.3 Å². The van der Waals surface area contributed by atoms with Crippen molar-refractivity contribution in [3.8, 4) is 5.75 Å². The third-order valence-electron chi connectivity index (χ3n) is 3.31. The van der Waals surface area contributed by atoms with Crippen molar-refractivity contribution in [3.05, 3.63) is 59.4 Å². The second-order valence-electron chi connectivity index (χ2n) is 5.51. The lowest BCUT2D eigenvalue weighted by Crippen LogP contribution is -2.24. The van der Waals surface area contributed by atoms with Gasteiger partial charge >= 0.3 is 0 Å². The molecule has 2 aromatic rings. The average Bonchev–Trinajstić information content (AvgIpc) is 2.53. The number of pyridine rings is 1. The Labute approximate surface area is 136 Å².